The molecule has 0 heterocycles. The number of hydrogen-bond donors (Lipinski definition) is 1. The van der Waals surface area contributed by atoms with Crippen LogP contribution in [0.5, 0.6) is 0 Å². The van der Waals surface area contributed by atoms with Gasteiger partial charge in [0.1, 0.15) is 0 Å². The maximum Gasteiger partial charge on any atom is 0.0718 e. The van der Waals surface area contributed by atoms with Gasteiger partial charge in [0, 0.05) is 6.61 Å². The van der Waals surface area contributed by atoms with Crippen LogP contribution in [0.4, 0.5) is 0 Å². The lowest BCUT2D eigenvalue weighted by atomic mass is 9.36. The van der Waals surface area contributed by atoms with E-state index in [9.17, 15) is 5.11 Å². The van der Waals surface area contributed by atoms with Gasteiger partial charge < -0.3 is 19.3 Å². The van der Waals surface area contributed by atoms with Gasteiger partial charge in [0.25, 0.3) is 0 Å². The number of rotatable bonds is 11. The van der Waals surface area contributed by atoms with Crippen molar-refractivity contribution in [2.24, 2.45) is 10.8 Å². The summed E-state index contributed by atoms with van der Waals surface area (Å²) < 4.78 is 16.7. The van der Waals surface area contributed by atoms with E-state index < -0.39 is 0 Å². The molecule has 4 heteroatoms. The van der Waals surface area contributed by atoms with Crippen molar-refractivity contribution in [1.82, 2.24) is 0 Å². The molecule has 3 aliphatic carbocycles. The Kier molecular flexibility index (Phi) is 5.14. The van der Waals surface area contributed by atoms with Crippen molar-refractivity contribution in [1.29, 1.82) is 0 Å². The van der Waals surface area contributed by atoms with Gasteiger partial charge in [-0.25, -0.2) is 0 Å². The highest BCUT2D eigenvalue weighted by Crippen LogP contribution is 2.72. The summed E-state index contributed by atoms with van der Waals surface area (Å²) in [5.74, 6) is 0. The first kappa shape index (κ1) is 15.9. The highest BCUT2D eigenvalue weighted by Gasteiger charge is 2.67. The molecule has 0 unspecified atom stereocenters. The summed E-state index contributed by atoms with van der Waals surface area (Å²) in [4.78, 5) is 0. The van der Waals surface area contributed by atoms with E-state index in [1.54, 1.807) is 0 Å². The predicted molar refractivity (Wildman–Crippen MR) is 83.5 cm³/mol. The fourth-order valence-corrected chi connectivity index (χ4v) is 3.94. The van der Waals surface area contributed by atoms with E-state index >= 15 is 0 Å². The second-order valence-corrected chi connectivity index (χ2v) is 6.89. The van der Waals surface area contributed by atoms with Gasteiger partial charge in [0.05, 0.1) is 39.6 Å². The average molecular weight is 306 g/mol. The van der Waals surface area contributed by atoms with Gasteiger partial charge >= 0.3 is 0 Å². The van der Waals surface area contributed by atoms with Gasteiger partial charge in [-0.3, -0.25) is 0 Å². The Morgan fingerprint density at radius 3 is 2.14 bits per heavy atom. The number of aliphatic hydroxyl groups excluding tert-OH is 1. The van der Waals surface area contributed by atoms with Crippen LogP contribution in [0.3, 0.4) is 0 Å². The fourth-order valence-electron chi connectivity index (χ4n) is 3.94. The van der Waals surface area contributed by atoms with E-state index in [0.717, 1.165) is 25.9 Å². The largest absolute Gasteiger partial charge is 0.396 e. The molecule has 0 spiro atoms. The average Bonchev–Trinajstić information content (AvgIpc) is 2.47. The van der Waals surface area contributed by atoms with Crippen LogP contribution in [-0.2, 0) is 20.8 Å². The molecule has 3 fully saturated rings. The van der Waals surface area contributed by atoms with Crippen LogP contribution in [0.15, 0.2) is 30.3 Å². The summed E-state index contributed by atoms with van der Waals surface area (Å²) >= 11 is 0. The number of ether oxygens (including phenoxy) is 3. The second kappa shape index (κ2) is 7.09. The van der Waals surface area contributed by atoms with Crippen LogP contribution in [0.25, 0.3) is 0 Å². The summed E-state index contributed by atoms with van der Waals surface area (Å²) in [6, 6.07) is 10.1. The van der Waals surface area contributed by atoms with Gasteiger partial charge in [0.2, 0.25) is 0 Å². The molecular weight excluding hydrogens is 280 g/mol. The molecule has 0 aromatic heterocycles. The molecule has 122 valence electrons. The first-order valence-electron chi connectivity index (χ1n) is 8.14. The van der Waals surface area contributed by atoms with Crippen molar-refractivity contribution < 1.29 is 19.3 Å². The smallest absolute Gasteiger partial charge is 0.0718 e. The van der Waals surface area contributed by atoms with Crippen molar-refractivity contribution in [3.05, 3.63) is 35.9 Å². The summed E-state index contributed by atoms with van der Waals surface area (Å²) in [5.41, 5.74) is 1.85. The zero-order chi connectivity index (χ0) is 15.3. The molecule has 3 aliphatic rings. The van der Waals surface area contributed by atoms with Gasteiger partial charge in [-0.2, -0.15) is 0 Å². The first-order valence-corrected chi connectivity index (χ1v) is 8.14. The lowest BCUT2D eigenvalue weighted by Crippen LogP contribution is -2.65. The minimum absolute atomic E-state index is 0.274. The maximum absolute atomic E-state index is 9.21. The quantitative estimate of drug-likeness (QED) is 0.638. The van der Waals surface area contributed by atoms with E-state index in [4.69, 9.17) is 14.2 Å². The van der Waals surface area contributed by atoms with Crippen molar-refractivity contribution in [3.63, 3.8) is 0 Å². The van der Waals surface area contributed by atoms with Crippen molar-refractivity contribution in [3.8, 4) is 0 Å². The molecule has 4 rings (SSSR count). The SMILES string of the molecule is OCC12CC(COCCOCCOCc3ccccc3)(C1)C2. The molecule has 2 bridgehead atoms. The minimum Gasteiger partial charge on any atom is -0.396 e. The summed E-state index contributed by atoms with van der Waals surface area (Å²) in [7, 11) is 0. The third-order valence-electron chi connectivity index (χ3n) is 4.85. The normalized spacial score (nSPS) is 29.0. The van der Waals surface area contributed by atoms with Crippen molar-refractivity contribution in [2.45, 2.75) is 25.9 Å². The lowest BCUT2D eigenvalue weighted by molar-refractivity contribution is -0.247. The van der Waals surface area contributed by atoms with Crippen LogP contribution in [0.2, 0.25) is 0 Å². The maximum atomic E-state index is 9.21. The summed E-state index contributed by atoms with van der Waals surface area (Å²) in [6.07, 6.45) is 3.43. The molecule has 0 aliphatic heterocycles. The summed E-state index contributed by atoms with van der Waals surface area (Å²) in [6.45, 7) is 4.29. The Balaban J connectivity index is 1.12. The molecule has 3 saturated carbocycles. The molecule has 4 nitrogen and oxygen atoms in total. The zero-order valence-corrected chi connectivity index (χ0v) is 13.1. The van der Waals surface area contributed by atoms with E-state index in [-0.39, 0.29) is 5.41 Å². The third kappa shape index (κ3) is 3.69. The van der Waals surface area contributed by atoms with Crippen LogP contribution in [0.1, 0.15) is 24.8 Å². The zero-order valence-electron chi connectivity index (χ0n) is 13.1. The lowest BCUT2D eigenvalue weighted by Gasteiger charge is -2.70. The van der Waals surface area contributed by atoms with Crippen LogP contribution in [0, 0.1) is 10.8 Å². The van der Waals surface area contributed by atoms with Crippen LogP contribution >= 0.6 is 0 Å². The standard InChI is InChI=1S/C18H26O4/c19-14-17-11-18(12-17,13-17)15-22-9-7-20-6-8-21-10-16-4-2-1-3-5-16/h1-5,19H,6-15H2. The molecule has 0 radical (unpaired) electrons. The molecule has 1 aromatic rings. The Labute approximate surface area is 132 Å². The third-order valence-corrected chi connectivity index (χ3v) is 4.85. The first-order chi connectivity index (χ1) is 10.8. The fraction of sp³-hybridized carbons (Fsp3) is 0.667. The highest BCUT2D eigenvalue weighted by molar-refractivity contribution is 5.16. The van der Waals surface area contributed by atoms with Crippen LogP contribution in [-0.4, -0.2) is 44.7 Å². The topological polar surface area (TPSA) is 47.9 Å². The molecule has 1 N–H and O–H groups in total. The van der Waals surface area contributed by atoms with Gasteiger partial charge in [-0.1, -0.05) is 30.3 Å². The molecule has 0 atom stereocenters. The monoisotopic (exact) mass is 306 g/mol. The van der Waals surface area contributed by atoms with E-state index in [2.05, 4.69) is 12.1 Å². The Morgan fingerprint density at radius 2 is 1.45 bits per heavy atom. The number of hydrogen-bond acceptors (Lipinski definition) is 4. The number of aliphatic hydroxyl groups is 1. The molecule has 0 saturated heterocycles. The Hall–Kier alpha value is -0.940. The summed E-state index contributed by atoms with van der Waals surface area (Å²) in [5, 5.41) is 9.21. The van der Waals surface area contributed by atoms with Crippen molar-refractivity contribution in [2.75, 3.05) is 39.6 Å². The van der Waals surface area contributed by atoms with Crippen LogP contribution < -0.4 is 0 Å². The number of benzene rings is 1. The van der Waals surface area contributed by atoms with Gasteiger partial charge in [0.15, 0.2) is 0 Å². The Morgan fingerprint density at radius 1 is 0.818 bits per heavy atom. The highest BCUT2D eigenvalue weighted by atomic mass is 16.5. The minimum atomic E-state index is 0.274. The molecule has 0 amide bonds. The predicted octanol–water partition coefficient (Wildman–Crippen LogP) is 2.40. The van der Waals surface area contributed by atoms with E-state index in [1.165, 1.54) is 5.56 Å². The molecule has 22 heavy (non-hydrogen) atoms. The molecule has 1 aromatic carbocycles. The second-order valence-electron chi connectivity index (χ2n) is 6.89. The Bertz CT molecular complexity index is 440. The van der Waals surface area contributed by atoms with E-state index in [1.807, 2.05) is 18.2 Å². The molecular formula is C18H26O4. The van der Waals surface area contributed by atoms with Gasteiger partial charge in [-0.05, 0) is 35.7 Å². The van der Waals surface area contributed by atoms with E-state index in [0.29, 0.717) is 45.1 Å². The van der Waals surface area contributed by atoms with Gasteiger partial charge in [-0.15, -0.1) is 0 Å². The van der Waals surface area contributed by atoms with Crippen molar-refractivity contribution >= 4 is 0 Å².